The maximum Gasteiger partial charge on any atom is 0.131 e. The molecule has 2 N–H and O–H groups in total. The van der Waals surface area contributed by atoms with Crippen molar-refractivity contribution in [1.29, 1.82) is 0 Å². The second kappa shape index (κ2) is 5.09. The molecule has 2 rings (SSSR count). The summed E-state index contributed by atoms with van der Waals surface area (Å²) in [6.45, 7) is 4.13. The summed E-state index contributed by atoms with van der Waals surface area (Å²) < 4.78 is 14.2. The van der Waals surface area contributed by atoms with E-state index in [-0.39, 0.29) is 5.82 Å². The van der Waals surface area contributed by atoms with Gasteiger partial charge in [-0.2, -0.15) is 0 Å². The number of benzene rings is 2. The summed E-state index contributed by atoms with van der Waals surface area (Å²) in [4.78, 5) is 0. The first-order chi connectivity index (χ1) is 8.52. The van der Waals surface area contributed by atoms with Crippen LogP contribution in [-0.2, 0) is 6.54 Å². The van der Waals surface area contributed by atoms with Gasteiger partial charge in [-0.1, -0.05) is 23.7 Å². The van der Waals surface area contributed by atoms with E-state index in [1.807, 2.05) is 26.0 Å². The van der Waals surface area contributed by atoms with Crippen LogP contribution < -0.4 is 5.73 Å². The molecule has 2 aromatic carbocycles. The van der Waals surface area contributed by atoms with Crippen molar-refractivity contribution in [2.45, 2.75) is 20.4 Å². The van der Waals surface area contributed by atoms with Crippen molar-refractivity contribution in [2.24, 2.45) is 5.73 Å². The molecule has 18 heavy (non-hydrogen) atoms. The highest BCUT2D eigenvalue weighted by Crippen LogP contribution is 2.32. The minimum Gasteiger partial charge on any atom is -0.326 e. The summed E-state index contributed by atoms with van der Waals surface area (Å²) in [5.74, 6) is -0.232. The van der Waals surface area contributed by atoms with Crippen molar-refractivity contribution < 1.29 is 4.39 Å². The van der Waals surface area contributed by atoms with Crippen molar-refractivity contribution in [1.82, 2.24) is 0 Å². The number of nitrogens with two attached hydrogens (primary N) is 1. The molecule has 0 saturated heterocycles. The normalized spacial score (nSPS) is 10.7. The molecule has 3 heteroatoms. The fourth-order valence-electron chi connectivity index (χ4n) is 2.22. The van der Waals surface area contributed by atoms with Crippen LogP contribution in [0.15, 0.2) is 30.3 Å². The van der Waals surface area contributed by atoms with E-state index < -0.39 is 0 Å². The summed E-state index contributed by atoms with van der Waals surface area (Å²) in [6.07, 6.45) is 0. The first-order valence-corrected chi connectivity index (χ1v) is 6.16. The lowest BCUT2D eigenvalue weighted by atomic mass is 9.94. The van der Waals surface area contributed by atoms with Gasteiger partial charge < -0.3 is 5.73 Å². The van der Waals surface area contributed by atoms with Crippen LogP contribution in [0.1, 0.15) is 16.7 Å². The zero-order valence-corrected chi connectivity index (χ0v) is 11.2. The second-order valence-corrected chi connectivity index (χ2v) is 4.88. The molecular weight excluding hydrogens is 249 g/mol. The van der Waals surface area contributed by atoms with Crippen LogP contribution in [0.4, 0.5) is 4.39 Å². The van der Waals surface area contributed by atoms with Gasteiger partial charge in [0.1, 0.15) is 5.82 Å². The van der Waals surface area contributed by atoms with E-state index in [9.17, 15) is 4.39 Å². The topological polar surface area (TPSA) is 26.0 Å². The number of halogens is 2. The number of rotatable bonds is 2. The van der Waals surface area contributed by atoms with Crippen molar-refractivity contribution in [3.8, 4) is 11.1 Å². The lowest BCUT2D eigenvalue weighted by Gasteiger charge is -2.13. The summed E-state index contributed by atoms with van der Waals surface area (Å²) in [7, 11) is 0. The third-order valence-electron chi connectivity index (χ3n) is 2.99. The number of hydrogen-bond donors (Lipinski definition) is 1. The highest BCUT2D eigenvalue weighted by Gasteiger charge is 2.13. The summed E-state index contributed by atoms with van der Waals surface area (Å²) in [5, 5.41) is 0.585. The predicted octanol–water partition coefficient (Wildman–Crippen LogP) is 4.22. The highest BCUT2D eigenvalue weighted by molar-refractivity contribution is 6.30. The Morgan fingerprint density at radius 3 is 2.50 bits per heavy atom. The van der Waals surface area contributed by atoms with Gasteiger partial charge in [0.05, 0.1) is 0 Å². The molecule has 94 valence electrons. The van der Waals surface area contributed by atoms with Crippen molar-refractivity contribution >= 4 is 11.6 Å². The smallest absolute Gasteiger partial charge is 0.131 e. The molecule has 0 fully saturated rings. The Morgan fingerprint density at radius 2 is 1.89 bits per heavy atom. The lowest BCUT2D eigenvalue weighted by molar-refractivity contribution is 0.629. The lowest BCUT2D eigenvalue weighted by Crippen LogP contribution is -2.01. The molecule has 0 radical (unpaired) electrons. The van der Waals surface area contributed by atoms with Gasteiger partial charge in [-0.05, 0) is 54.3 Å². The molecule has 0 atom stereocenters. The van der Waals surface area contributed by atoms with Gasteiger partial charge in [-0.3, -0.25) is 0 Å². The van der Waals surface area contributed by atoms with Crippen molar-refractivity contribution in [3.05, 3.63) is 57.9 Å². The van der Waals surface area contributed by atoms with Crippen molar-refractivity contribution in [3.63, 3.8) is 0 Å². The zero-order chi connectivity index (χ0) is 13.3. The summed E-state index contributed by atoms with van der Waals surface area (Å²) in [6, 6.07) is 8.87. The fraction of sp³-hybridized carbons (Fsp3) is 0.200. The van der Waals surface area contributed by atoms with E-state index >= 15 is 0 Å². The molecule has 0 aliphatic carbocycles. The third kappa shape index (κ3) is 2.40. The molecule has 2 aromatic rings. The van der Waals surface area contributed by atoms with Crippen LogP contribution in [0.2, 0.25) is 5.02 Å². The zero-order valence-electron chi connectivity index (χ0n) is 10.4. The Balaban J connectivity index is 2.72. The highest BCUT2D eigenvalue weighted by atomic mass is 35.5. The Bertz CT molecular complexity index is 570. The predicted molar refractivity (Wildman–Crippen MR) is 74.2 cm³/mol. The van der Waals surface area contributed by atoms with E-state index in [0.717, 1.165) is 22.3 Å². The van der Waals surface area contributed by atoms with Gasteiger partial charge in [-0.25, -0.2) is 4.39 Å². The van der Waals surface area contributed by atoms with Crippen LogP contribution in [0.25, 0.3) is 11.1 Å². The Hall–Kier alpha value is -1.38. The Morgan fingerprint density at radius 1 is 1.17 bits per heavy atom. The molecule has 1 nitrogen and oxygen atoms in total. The second-order valence-electron chi connectivity index (χ2n) is 4.44. The summed E-state index contributed by atoms with van der Waals surface area (Å²) >= 11 is 6.00. The standard InChI is InChI=1S/C15H15ClFN/c1-9-5-10(2)15(14(17)6-9)13-7-12(16)4-3-11(13)8-18/h3-7H,8,18H2,1-2H3. The fourth-order valence-corrected chi connectivity index (χ4v) is 2.39. The molecule has 0 bridgehead atoms. The first kappa shape index (κ1) is 13.1. The third-order valence-corrected chi connectivity index (χ3v) is 3.23. The molecular formula is C15H15ClFN. The van der Waals surface area contributed by atoms with E-state index in [4.69, 9.17) is 17.3 Å². The number of aryl methyl sites for hydroxylation is 2. The maximum atomic E-state index is 14.2. The van der Waals surface area contributed by atoms with Crippen LogP contribution in [-0.4, -0.2) is 0 Å². The molecule has 0 unspecified atom stereocenters. The average molecular weight is 264 g/mol. The molecule has 0 amide bonds. The molecule has 0 saturated carbocycles. The monoisotopic (exact) mass is 263 g/mol. The molecule has 0 aliphatic heterocycles. The minimum atomic E-state index is -0.232. The first-order valence-electron chi connectivity index (χ1n) is 5.78. The van der Waals surface area contributed by atoms with Gasteiger partial charge >= 0.3 is 0 Å². The Kier molecular flexibility index (Phi) is 3.69. The molecule has 0 heterocycles. The molecule has 0 aromatic heterocycles. The largest absolute Gasteiger partial charge is 0.326 e. The average Bonchev–Trinajstić information content (AvgIpc) is 2.28. The van der Waals surface area contributed by atoms with Gasteiger partial charge in [0.25, 0.3) is 0 Å². The van der Waals surface area contributed by atoms with Crippen LogP contribution in [0, 0.1) is 19.7 Å². The van der Waals surface area contributed by atoms with Gasteiger partial charge in [0, 0.05) is 17.1 Å². The van der Waals surface area contributed by atoms with E-state index in [2.05, 4.69) is 0 Å². The minimum absolute atomic E-state index is 0.232. The SMILES string of the molecule is Cc1cc(C)c(-c2cc(Cl)ccc2CN)c(F)c1. The van der Waals surface area contributed by atoms with E-state index in [0.29, 0.717) is 17.1 Å². The summed E-state index contributed by atoms with van der Waals surface area (Å²) in [5.41, 5.74) is 9.76. The quantitative estimate of drug-likeness (QED) is 0.862. The van der Waals surface area contributed by atoms with E-state index in [1.165, 1.54) is 6.07 Å². The van der Waals surface area contributed by atoms with Gasteiger partial charge in [0.2, 0.25) is 0 Å². The maximum absolute atomic E-state index is 14.2. The molecule has 0 aliphatic rings. The van der Waals surface area contributed by atoms with Crippen LogP contribution in [0.5, 0.6) is 0 Å². The van der Waals surface area contributed by atoms with Crippen LogP contribution >= 0.6 is 11.6 Å². The van der Waals surface area contributed by atoms with Crippen LogP contribution in [0.3, 0.4) is 0 Å². The van der Waals surface area contributed by atoms with Gasteiger partial charge in [0.15, 0.2) is 0 Å². The van der Waals surface area contributed by atoms with Crippen molar-refractivity contribution in [2.75, 3.05) is 0 Å². The molecule has 0 spiro atoms. The Labute approximate surface area is 111 Å². The van der Waals surface area contributed by atoms with E-state index in [1.54, 1.807) is 12.1 Å². The number of hydrogen-bond acceptors (Lipinski definition) is 1. The van der Waals surface area contributed by atoms with Gasteiger partial charge in [-0.15, -0.1) is 0 Å².